The predicted octanol–water partition coefficient (Wildman–Crippen LogP) is 6.47. The lowest BCUT2D eigenvalue weighted by Crippen LogP contribution is -2.46. The summed E-state index contributed by atoms with van der Waals surface area (Å²) in [6.45, 7) is 6.90. The molecule has 2 aromatic carbocycles. The molecule has 0 radical (unpaired) electrons. The summed E-state index contributed by atoms with van der Waals surface area (Å²) in [5.41, 5.74) is 2.70. The fraction of sp³-hybridized carbons (Fsp3) is 0.379. The minimum atomic E-state index is -4.49. The minimum absolute atomic E-state index is 0.318. The molecule has 0 aliphatic carbocycles. The number of amides is 1. The smallest absolute Gasteiger partial charge is 0.433 e. The van der Waals surface area contributed by atoms with Crippen molar-refractivity contribution in [3.63, 3.8) is 0 Å². The normalized spacial score (nSPS) is 17.6. The lowest BCUT2D eigenvalue weighted by Gasteiger charge is -2.37. The lowest BCUT2D eigenvalue weighted by atomic mass is 9.90. The molecule has 0 atom stereocenters. The average Bonchev–Trinajstić information content (AvgIpc) is 3.23. The Labute approximate surface area is 220 Å². The van der Waals surface area contributed by atoms with Crippen LogP contribution >= 0.6 is 0 Å². The molecule has 6 nitrogen and oxygen atoms in total. The molecule has 0 saturated carbocycles. The minimum Gasteiger partial charge on any atom is -0.494 e. The molecule has 1 spiro atoms. The van der Waals surface area contributed by atoms with Gasteiger partial charge in [0.1, 0.15) is 17.0 Å². The standard InChI is InChI=1S/C29H30F3N3O3/c1-3-37-25-16-22(24(15-20(25)2)21-9-10-26(33-17-21)29(30,31)32)18-34-13-11-28(12-14-34)19-35(27(36)38-28)23-7-5-4-6-8-23/h4-10,15-17H,3,11-14,18-19H2,1-2H3. The van der Waals surface area contributed by atoms with Gasteiger partial charge in [-0.1, -0.05) is 24.3 Å². The summed E-state index contributed by atoms with van der Waals surface area (Å²) in [6.07, 6.45) is -2.13. The number of carbonyl (C=O) groups is 1. The van der Waals surface area contributed by atoms with Crippen LogP contribution < -0.4 is 9.64 Å². The first-order valence-electron chi connectivity index (χ1n) is 12.8. The molecule has 200 valence electrons. The molecule has 2 saturated heterocycles. The lowest BCUT2D eigenvalue weighted by molar-refractivity contribution is -0.141. The van der Waals surface area contributed by atoms with E-state index in [-0.39, 0.29) is 6.09 Å². The van der Waals surface area contributed by atoms with Crippen molar-refractivity contribution in [3.05, 3.63) is 77.6 Å². The van der Waals surface area contributed by atoms with Crippen molar-refractivity contribution < 1.29 is 27.4 Å². The molecule has 1 amide bonds. The third kappa shape index (κ3) is 5.34. The van der Waals surface area contributed by atoms with E-state index < -0.39 is 17.5 Å². The van der Waals surface area contributed by atoms with Crippen LogP contribution in [-0.4, -0.2) is 47.8 Å². The van der Waals surface area contributed by atoms with Gasteiger partial charge < -0.3 is 9.47 Å². The Morgan fingerprint density at radius 3 is 2.45 bits per heavy atom. The molecule has 3 heterocycles. The molecular weight excluding hydrogens is 495 g/mol. The number of likely N-dealkylation sites (tertiary alicyclic amines) is 1. The van der Waals surface area contributed by atoms with Crippen LogP contribution in [0, 0.1) is 6.92 Å². The molecule has 1 aromatic heterocycles. The van der Waals surface area contributed by atoms with Crippen LogP contribution in [-0.2, 0) is 17.5 Å². The molecule has 0 bridgehead atoms. The maximum absolute atomic E-state index is 13.1. The second-order valence-electron chi connectivity index (χ2n) is 9.89. The number of nitrogens with zero attached hydrogens (tertiary/aromatic N) is 3. The van der Waals surface area contributed by atoms with Gasteiger partial charge in [-0.15, -0.1) is 0 Å². The number of alkyl halides is 3. The zero-order chi connectivity index (χ0) is 26.9. The summed E-state index contributed by atoms with van der Waals surface area (Å²) < 4.78 is 50.9. The van der Waals surface area contributed by atoms with Gasteiger partial charge in [-0.05, 0) is 60.9 Å². The molecule has 0 N–H and O–H groups in total. The maximum atomic E-state index is 13.1. The van der Waals surface area contributed by atoms with Gasteiger partial charge in [-0.3, -0.25) is 14.8 Å². The molecule has 9 heteroatoms. The SMILES string of the molecule is CCOc1cc(CN2CCC3(CC2)CN(c2ccccc2)C(=O)O3)c(-c2ccc(C(F)(F)F)nc2)cc1C. The summed E-state index contributed by atoms with van der Waals surface area (Å²) in [5, 5.41) is 0. The topological polar surface area (TPSA) is 54.9 Å². The zero-order valence-electron chi connectivity index (χ0n) is 21.4. The summed E-state index contributed by atoms with van der Waals surface area (Å²) in [7, 11) is 0. The van der Waals surface area contributed by atoms with E-state index in [0.717, 1.165) is 47.3 Å². The fourth-order valence-corrected chi connectivity index (χ4v) is 5.21. The Morgan fingerprint density at radius 2 is 1.82 bits per heavy atom. The number of ether oxygens (including phenoxy) is 2. The van der Waals surface area contributed by atoms with Gasteiger partial charge in [0.05, 0.1) is 13.2 Å². The summed E-state index contributed by atoms with van der Waals surface area (Å²) in [6, 6.07) is 15.9. The molecule has 3 aromatic rings. The molecule has 2 aliphatic rings. The average molecular weight is 526 g/mol. The van der Waals surface area contributed by atoms with Crippen LogP contribution in [0.1, 0.15) is 36.6 Å². The number of benzene rings is 2. The van der Waals surface area contributed by atoms with Gasteiger partial charge in [0.15, 0.2) is 0 Å². The highest BCUT2D eigenvalue weighted by molar-refractivity contribution is 5.90. The van der Waals surface area contributed by atoms with Crippen LogP contribution in [0.4, 0.5) is 23.7 Å². The van der Waals surface area contributed by atoms with Crippen molar-refractivity contribution >= 4 is 11.8 Å². The number of rotatable bonds is 6. The van der Waals surface area contributed by atoms with E-state index in [0.29, 0.717) is 38.1 Å². The molecule has 2 fully saturated rings. The number of piperidine rings is 1. The Morgan fingerprint density at radius 1 is 1.08 bits per heavy atom. The van der Waals surface area contributed by atoms with Crippen LogP contribution in [0.15, 0.2) is 60.8 Å². The Bertz CT molecular complexity index is 1290. The van der Waals surface area contributed by atoms with Crippen LogP contribution in [0.2, 0.25) is 0 Å². The second-order valence-corrected chi connectivity index (χ2v) is 9.89. The van der Waals surface area contributed by atoms with Gasteiger partial charge in [-0.25, -0.2) is 4.79 Å². The Hall–Kier alpha value is -3.59. The van der Waals surface area contributed by atoms with Gasteiger partial charge in [0, 0.05) is 49.9 Å². The fourth-order valence-electron chi connectivity index (χ4n) is 5.21. The third-order valence-corrected chi connectivity index (χ3v) is 7.27. The predicted molar refractivity (Wildman–Crippen MR) is 138 cm³/mol. The molecule has 5 rings (SSSR count). The van der Waals surface area contributed by atoms with Gasteiger partial charge in [0.25, 0.3) is 0 Å². The van der Waals surface area contributed by atoms with Crippen LogP contribution in [0.5, 0.6) is 5.75 Å². The first-order valence-corrected chi connectivity index (χ1v) is 12.8. The number of carbonyl (C=O) groups excluding carboxylic acids is 1. The largest absolute Gasteiger partial charge is 0.494 e. The number of aromatic nitrogens is 1. The van der Waals surface area contributed by atoms with Crippen molar-refractivity contribution in [1.82, 2.24) is 9.88 Å². The Kier molecular flexibility index (Phi) is 7.05. The van der Waals surface area contributed by atoms with E-state index in [1.807, 2.05) is 56.3 Å². The number of para-hydroxylation sites is 1. The maximum Gasteiger partial charge on any atom is 0.433 e. The van der Waals surface area contributed by atoms with Gasteiger partial charge >= 0.3 is 12.3 Å². The van der Waals surface area contributed by atoms with Crippen molar-refractivity contribution in [2.45, 2.75) is 45.0 Å². The molecule has 2 aliphatic heterocycles. The summed E-state index contributed by atoms with van der Waals surface area (Å²) in [5.74, 6) is 0.753. The van der Waals surface area contributed by atoms with E-state index in [2.05, 4.69) is 9.88 Å². The first-order chi connectivity index (χ1) is 18.2. The number of hydrogen-bond donors (Lipinski definition) is 0. The van der Waals surface area contributed by atoms with Crippen molar-refractivity contribution in [2.75, 3.05) is 31.1 Å². The van der Waals surface area contributed by atoms with E-state index in [9.17, 15) is 18.0 Å². The van der Waals surface area contributed by atoms with Crippen LogP contribution in [0.25, 0.3) is 11.1 Å². The second kappa shape index (κ2) is 10.3. The summed E-state index contributed by atoms with van der Waals surface area (Å²) in [4.78, 5) is 20.3. The van der Waals surface area contributed by atoms with Crippen molar-refractivity contribution in [2.24, 2.45) is 0 Å². The quantitative estimate of drug-likeness (QED) is 0.370. The Balaban J connectivity index is 1.34. The molecule has 0 unspecified atom stereocenters. The van der Waals surface area contributed by atoms with Crippen molar-refractivity contribution in [3.8, 4) is 16.9 Å². The van der Waals surface area contributed by atoms with Crippen molar-refractivity contribution in [1.29, 1.82) is 0 Å². The number of pyridine rings is 1. The molecular formula is C29H30F3N3O3. The highest BCUT2D eigenvalue weighted by Gasteiger charge is 2.47. The van der Waals surface area contributed by atoms with E-state index >= 15 is 0 Å². The van der Waals surface area contributed by atoms with E-state index in [1.165, 1.54) is 12.3 Å². The number of aryl methyl sites for hydroxylation is 1. The first kappa shape index (κ1) is 26.0. The number of halogens is 3. The monoisotopic (exact) mass is 525 g/mol. The van der Waals surface area contributed by atoms with E-state index in [1.54, 1.807) is 4.90 Å². The van der Waals surface area contributed by atoms with Gasteiger partial charge in [-0.2, -0.15) is 13.2 Å². The highest BCUT2D eigenvalue weighted by atomic mass is 19.4. The zero-order valence-corrected chi connectivity index (χ0v) is 21.4. The molecule has 38 heavy (non-hydrogen) atoms. The summed E-state index contributed by atoms with van der Waals surface area (Å²) >= 11 is 0. The highest BCUT2D eigenvalue weighted by Crippen LogP contribution is 2.38. The van der Waals surface area contributed by atoms with E-state index in [4.69, 9.17) is 9.47 Å². The van der Waals surface area contributed by atoms with Crippen LogP contribution in [0.3, 0.4) is 0 Å². The third-order valence-electron chi connectivity index (χ3n) is 7.27. The van der Waals surface area contributed by atoms with Gasteiger partial charge in [0.2, 0.25) is 0 Å². The number of hydrogen-bond acceptors (Lipinski definition) is 5. The number of anilines is 1.